The molecule has 0 radical (unpaired) electrons. The molecule has 4 nitrogen and oxygen atoms in total. The first-order valence-electron chi connectivity index (χ1n) is 6.59. The van der Waals surface area contributed by atoms with Gasteiger partial charge in [0.25, 0.3) is 0 Å². The third kappa shape index (κ3) is 2.52. The molecule has 1 aliphatic rings. The van der Waals surface area contributed by atoms with Gasteiger partial charge in [-0.2, -0.15) is 0 Å². The fourth-order valence-electron chi connectivity index (χ4n) is 2.49. The summed E-state index contributed by atoms with van der Waals surface area (Å²) in [6.45, 7) is 0.743. The van der Waals surface area contributed by atoms with Gasteiger partial charge in [-0.1, -0.05) is 18.2 Å². The van der Waals surface area contributed by atoms with E-state index >= 15 is 0 Å². The molecule has 1 aliphatic heterocycles. The van der Waals surface area contributed by atoms with Gasteiger partial charge in [-0.05, 0) is 24.6 Å². The number of rotatable bonds is 2. The molecule has 2 aromatic rings. The van der Waals surface area contributed by atoms with Crippen LogP contribution in [0.15, 0.2) is 36.4 Å². The molecule has 0 aliphatic carbocycles. The van der Waals surface area contributed by atoms with Gasteiger partial charge in [0.1, 0.15) is 5.82 Å². The van der Waals surface area contributed by atoms with Crippen molar-refractivity contribution in [2.45, 2.75) is 18.9 Å². The quantitative estimate of drug-likeness (QED) is 0.895. The topological polar surface area (TPSA) is 45.2 Å². The zero-order chi connectivity index (χ0) is 13.2. The summed E-state index contributed by atoms with van der Waals surface area (Å²) in [5.41, 5.74) is 0.993. The highest BCUT2D eigenvalue weighted by molar-refractivity contribution is 5.80. The first-order valence-corrected chi connectivity index (χ1v) is 6.59. The molecule has 0 spiro atoms. The number of hydrogen-bond acceptors (Lipinski definition) is 3. The van der Waals surface area contributed by atoms with E-state index in [-0.39, 0.29) is 11.9 Å². The zero-order valence-electron chi connectivity index (χ0n) is 11.0. The standard InChI is InChI=1S/C15H17N3O/c1-18-10-12(7-9-15(18)19)16-14-8-6-11-4-2-3-5-13(11)17-14/h2-6,8,12H,7,9-10H2,1H3,(H,16,17). The van der Waals surface area contributed by atoms with Gasteiger partial charge in [-0.3, -0.25) is 4.79 Å². The largest absolute Gasteiger partial charge is 0.366 e. The Labute approximate surface area is 112 Å². The molecule has 2 heterocycles. The number of piperidine rings is 1. The maximum atomic E-state index is 11.4. The minimum atomic E-state index is 0.226. The Balaban J connectivity index is 1.76. The van der Waals surface area contributed by atoms with Crippen LogP contribution in [0, 0.1) is 0 Å². The molecule has 1 amide bonds. The molecule has 1 atom stereocenters. The number of hydrogen-bond donors (Lipinski definition) is 1. The number of nitrogens with one attached hydrogen (secondary N) is 1. The predicted molar refractivity (Wildman–Crippen MR) is 76.0 cm³/mol. The minimum Gasteiger partial charge on any atom is -0.366 e. The van der Waals surface area contributed by atoms with E-state index in [0.29, 0.717) is 6.42 Å². The van der Waals surface area contributed by atoms with E-state index in [1.807, 2.05) is 31.3 Å². The van der Waals surface area contributed by atoms with Crippen LogP contribution in [0.3, 0.4) is 0 Å². The SMILES string of the molecule is CN1CC(Nc2ccc3ccccc3n2)CCC1=O. The second-order valence-corrected chi connectivity index (χ2v) is 5.04. The monoisotopic (exact) mass is 255 g/mol. The van der Waals surface area contributed by atoms with Gasteiger partial charge in [0.15, 0.2) is 0 Å². The summed E-state index contributed by atoms with van der Waals surface area (Å²) in [6, 6.07) is 12.4. The Morgan fingerprint density at radius 1 is 1.26 bits per heavy atom. The number of likely N-dealkylation sites (N-methyl/N-ethyl adjacent to an activating group) is 1. The Morgan fingerprint density at radius 2 is 2.11 bits per heavy atom. The summed E-state index contributed by atoms with van der Waals surface area (Å²) >= 11 is 0. The number of anilines is 1. The molecule has 1 aromatic carbocycles. The highest BCUT2D eigenvalue weighted by Crippen LogP contribution is 2.18. The zero-order valence-corrected chi connectivity index (χ0v) is 11.0. The van der Waals surface area contributed by atoms with E-state index in [2.05, 4.69) is 22.4 Å². The number of carbonyl (C=O) groups is 1. The lowest BCUT2D eigenvalue weighted by molar-refractivity contribution is -0.132. The van der Waals surface area contributed by atoms with Crippen LogP contribution in [-0.4, -0.2) is 35.4 Å². The molecular formula is C15H17N3O. The number of benzene rings is 1. The number of fused-ring (bicyclic) bond motifs is 1. The molecule has 1 saturated heterocycles. The number of likely N-dealkylation sites (tertiary alicyclic amines) is 1. The molecular weight excluding hydrogens is 238 g/mol. The molecule has 1 N–H and O–H groups in total. The van der Waals surface area contributed by atoms with E-state index < -0.39 is 0 Å². The van der Waals surface area contributed by atoms with Crippen molar-refractivity contribution in [1.29, 1.82) is 0 Å². The summed E-state index contributed by atoms with van der Waals surface area (Å²) in [7, 11) is 1.85. The van der Waals surface area contributed by atoms with E-state index in [0.717, 1.165) is 29.7 Å². The molecule has 0 saturated carbocycles. The summed E-state index contributed by atoms with van der Waals surface area (Å²) < 4.78 is 0. The number of pyridine rings is 1. The van der Waals surface area contributed by atoms with Crippen LogP contribution in [0.2, 0.25) is 0 Å². The summed E-state index contributed by atoms with van der Waals surface area (Å²) in [5.74, 6) is 1.11. The molecule has 0 bridgehead atoms. The third-order valence-electron chi connectivity index (χ3n) is 3.58. The lowest BCUT2D eigenvalue weighted by atomic mass is 10.1. The molecule has 1 fully saturated rings. The molecule has 3 rings (SSSR count). The van der Waals surface area contributed by atoms with Crippen molar-refractivity contribution in [2.24, 2.45) is 0 Å². The number of amides is 1. The minimum absolute atomic E-state index is 0.226. The predicted octanol–water partition coefficient (Wildman–Crippen LogP) is 2.27. The second kappa shape index (κ2) is 4.88. The molecule has 1 unspecified atom stereocenters. The molecule has 98 valence electrons. The van der Waals surface area contributed by atoms with Crippen molar-refractivity contribution < 1.29 is 4.79 Å². The average Bonchev–Trinajstić information content (AvgIpc) is 2.43. The number of aromatic nitrogens is 1. The molecule has 1 aromatic heterocycles. The molecule has 19 heavy (non-hydrogen) atoms. The Morgan fingerprint density at radius 3 is 2.95 bits per heavy atom. The van der Waals surface area contributed by atoms with Gasteiger partial charge in [-0.15, -0.1) is 0 Å². The Hall–Kier alpha value is -2.10. The Bertz CT molecular complexity index is 611. The summed E-state index contributed by atoms with van der Waals surface area (Å²) in [6.07, 6.45) is 1.49. The normalized spacial score (nSPS) is 19.7. The van der Waals surface area contributed by atoms with Crippen LogP contribution >= 0.6 is 0 Å². The van der Waals surface area contributed by atoms with Crippen LogP contribution in [0.4, 0.5) is 5.82 Å². The number of para-hydroxylation sites is 1. The van der Waals surface area contributed by atoms with Crippen LogP contribution in [0.25, 0.3) is 10.9 Å². The van der Waals surface area contributed by atoms with Crippen molar-refractivity contribution in [3.8, 4) is 0 Å². The number of nitrogens with zero attached hydrogens (tertiary/aromatic N) is 2. The van der Waals surface area contributed by atoms with Gasteiger partial charge in [0.05, 0.1) is 5.52 Å². The first kappa shape index (κ1) is 12.0. The third-order valence-corrected chi connectivity index (χ3v) is 3.58. The highest BCUT2D eigenvalue weighted by atomic mass is 16.2. The fourth-order valence-corrected chi connectivity index (χ4v) is 2.49. The van der Waals surface area contributed by atoms with Crippen molar-refractivity contribution in [3.63, 3.8) is 0 Å². The summed E-state index contributed by atoms with van der Waals surface area (Å²) in [5, 5.41) is 4.56. The van der Waals surface area contributed by atoms with Crippen LogP contribution < -0.4 is 5.32 Å². The van der Waals surface area contributed by atoms with Crippen molar-refractivity contribution in [1.82, 2.24) is 9.88 Å². The van der Waals surface area contributed by atoms with Crippen LogP contribution in [-0.2, 0) is 4.79 Å². The van der Waals surface area contributed by atoms with E-state index in [4.69, 9.17) is 0 Å². The molecule has 4 heteroatoms. The smallest absolute Gasteiger partial charge is 0.222 e. The Kier molecular flexibility index (Phi) is 3.07. The van der Waals surface area contributed by atoms with Crippen molar-refractivity contribution in [2.75, 3.05) is 18.9 Å². The first-order chi connectivity index (χ1) is 9.22. The maximum Gasteiger partial charge on any atom is 0.222 e. The van der Waals surface area contributed by atoms with E-state index in [1.54, 1.807) is 4.90 Å². The van der Waals surface area contributed by atoms with Gasteiger partial charge >= 0.3 is 0 Å². The fraction of sp³-hybridized carbons (Fsp3) is 0.333. The van der Waals surface area contributed by atoms with Gasteiger partial charge in [0, 0.05) is 31.4 Å². The lowest BCUT2D eigenvalue weighted by Gasteiger charge is -2.30. The van der Waals surface area contributed by atoms with Gasteiger partial charge < -0.3 is 10.2 Å². The second-order valence-electron chi connectivity index (χ2n) is 5.04. The lowest BCUT2D eigenvalue weighted by Crippen LogP contribution is -2.43. The summed E-state index contributed by atoms with van der Waals surface area (Å²) in [4.78, 5) is 17.8. The van der Waals surface area contributed by atoms with E-state index in [9.17, 15) is 4.79 Å². The van der Waals surface area contributed by atoms with Crippen molar-refractivity contribution in [3.05, 3.63) is 36.4 Å². The highest BCUT2D eigenvalue weighted by Gasteiger charge is 2.22. The average molecular weight is 255 g/mol. The van der Waals surface area contributed by atoms with Crippen LogP contribution in [0.5, 0.6) is 0 Å². The van der Waals surface area contributed by atoms with Gasteiger partial charge in [-0.25, -0.2) is 4.98 Å². The van der Waals surface area contributed by atoms with Crippen LogP contribution in [0.1, 0.15) is 12.8 Å². The van der Waals surface area contributed by atoms with Crippen molar-refractivity contribution >= 4 is 22.6 Å². The maximum absolute atomic E-state index is 11.4. The van der Waals surface area contributed by atoms with E-state index in [1.165, 1.54) is 0 Å². The van der Waals surface area contributed by atoms with Gasteiger partial charge in [0.2, 0.25) is 5.91 Å². The number of carbonyl (C=O) groups excluding carboxylic acids is 1.